The Hall–Kier alpha value is -0.120. The van der Waals surface area contributed by atoms with Crippen molar-refractivity contribution >= 4 is 0 Å². The Labute approximate surface area is 87.5 Å². The van der Waals surface area contributed by atoms with E-state index < -0.39 is 0 Å². The van der Waals surface area contributed by atoms with E-state index in [4.69, 9.17) is 0 Å². The van der Waals surface area contributed by atoms with Crippen LogP contribution in [0.1, 0.15) is 33.1 Å². The molecule has 3 nitrogen and oxygen atoms in total. The van der Waals surface area contributed by atoms with Gasteiger partial charge in [0.05, 0.1) is 6.61 Å². The summed E-state index contributed by atoms with van der Waals surface area (Å²) in [4.78, 5) is 2.41. The van der Waals surface area contributed by atoms with Crippen LogP contribution in [0.3, 0.4) is 0 Å². The third-order valence-electron chi connectivity index (χ3n) is 3.14. The molecule has 3 heteroatoms. The Morgan fingerprint density at radius 2 is 2.14 bits per heavy atom. The highest BCUT2D eigenvalue weighted by molar-refractivity contribution is 4.87. The predicted octanol–water partition coefficient (Wildman–Crippen LogP) is 0.831. The molecule has 1 rings (SSSR count). The van der Waals surface area contributed by atoms with Crippen molar-refractivity contribution in [1.29, 1.82) is 0 Å². The van der Waals surface area contributed by atoms with Gasteiger partial charge in [-0.2, -0.15) is 0 Å². The van der Waals surface area contributed by atoms with E-state index in [9.17, 15) is 5.11 Å². The van der Waals surface area contributed by atoms with Gasteiger partial charge < -0.3 is 15.3 Å². The summed E-state index contributed by atoms with van der Waals surface area (Å²) < 4.78 is 0. The number of rotatable bonds is 7. The van der Waals surface area contributed by atoms with Crippen LogP contribution in [0.4, 0.5) is 0 Å². The molecule has 1 fully saturated rings. The van der Waals surface area contributed by atoms with Gasteiger partial charge >= 0.3 is 0 Å². The van der Waals surface area contributed by atoms with E-state index in [0.717, 1.165) is 25.6 Å². The summed E-state index contributed by atoms with van der Waals surface area (Å²) in [5.41, 5.74) is -0.0993. The Bertz CT molecular complexity index is 171. The van der Waals surface area contributed by atoms with E-state index in [1.807, 2.05) is 0 Å². The standard InChI is InChI=1S/C11H24N2O/c1-4-12-11(2,9-14)7-8-13(3)10-5-6-10/h10,12,14H,4-9H2,1-3H3. The molecule has 1 aliphatic rings. The van der Waals surface area contributed by atoms with E-state index in [2.05, 4.69) is 31.1 Å². The maximum absolute atomic E-state index is 9.30. The number of hydrogen-bond acceptors (Lipinski definition) is 3. The van der Waals surface area contributed by atoms with Crippen LogP contribution in [0.15, 0.2) is 0 Å². The highest BCUT2D eigenvalue weighted by Gasteiger charge is 2.28. The van der Waals surface area contributed by atoms with Gasteiger partial charge in [-0.1, -0.05) is 6.92 Å². The first-order chi connectivity index (χ1) is 6.61. The molecule has 0 aromatic rings. The summed E-state index contributed by atoms with van der Waals surface area (Å²) in [7, 11) is 2.18. The van der Waals surface area contributed by atoms with E-state index in [0.29, 0.717) is 0 Å². The smallest absolute Gasteiger partial charge is 0.0611 e. The van der Waals surface area contributed by atoms with Gasteiger partial charge in [0.25, 0.3) is 0 Å². The van der Waals surface area contributed by atoms with Crippen LogP contribution in [0.5, 0.6) is 0 Å². The average Bonchev–Trinajstić information content (AvgIpc) is 2.98. The second-order valence-corrected chi connectivity index (χ2v) is 4.71. The lowest BCUT2D eigenvalue weighted by atomic mass is 9.98. The molecule has 0 saturated heterocycles. The molecule has 0 heterocycles. The summed E-state index contributed by atoms with van der Waals surface area (Å²) in [6.07, 6.45) is 3.73. The molecular formula is C11H24N2O. The van der Waals surface area contributed by atoms with Crippen LogP contribution in [0.25, 0.3) is 0 Å². The molecule has 2 N–H and O–H groups in total. The number of nitrogens with one attached hydrogen (secondary N) is 1. The van der Waals surface area contributed by atoms with Gasteiger partial charge in [0.2, 0.25) is 0 Å². The summed E-state index contributed by atoms with van der Waals surface area (Å²) in [5.74, 6) is 0. The second kappa shape index (κ2) is 5.10. The predicted molar refractivity (Wildman–Crippen MR) is 59.4 cm³/mol. The molecule has 14 heavy (non-hydrogen) atoms. The molecule has 1 saturated carbocycles. The zero-order chi connectivity index (χ0) is 10.6. The molecule has 0 aromatic carbocycles. The number of aliphatic hydroxyl groups excluding tert-OH is 1. The van der Waals surface area contributed by atoms with Gasteiger partial charge in [0.1, 0.15) is 0 Å². The van der Waals surface area contributed by atoms with Crippen LogP contribution >= 0.6 is 0 Å². The van der Waals surface area contributed by atoms with Crippen molar-refractivity contribution in [2.24, 2.45) is 0 Å². The fourth-order valence-electron chi connectivity index (χ4n) is 1.77. The molecule has 1 atom stereocenters. The average molecular weight is 200 g/mol. The van der Waals surface area contributed by atoms with Crippen LogP contribution in [-0.2, 0) is 0 Å². The minimum Gasteiger partial charge on any atom is -0.394 e. The maximum Gasteiger partial charge on any atom is 0.0611 e. The Balaban J connectivity index is 2.24. The Morgan fingerprint density at radius 1 is 1.50 bits per heavy atom. The quantitative estimate of drug-likeness (QED) is 0.639. The van der Waals surface area contributed by atoms with Gasteiger partial charge in [0, 0.05) is 11.6 Å². The highest BCUT2D eigenvalue weighted by atomic mass is 16.3. The minimum absolute atomic E-state index is 0.0993. The SMILES string of the molecule is CCNC(C)(CO)CCN(C)C1CC1. The first-order valence-electron chi connectivity index (χ1n) is 5.67. The minimum atomic E-state index is -0.0993. The lowest BCUT2D eigenvalue weighted by Crippen LogP contribution is -2.47. The molecule has 0 aromatic heterocycles. The van der Waals surface area contributed by atoms with Crippen molar-refractivity contribution in [3.8, 4) is 0 Å². The summed E-state index contributed by atoms with van der Waals surface area (Å²) >= 11 is 0. The van der Waals surface area contributed by atoms with Crippen molar-refractivity contribution in [3.05, 3.63) is 0 Å². The first-order valence-corrected chi connectivity index (χ1v) is 5.67. The van der Waals surface area contributed by atoms with Gasteiger partial charge in [-0.3, -0.25) is 0 Å². The van der Waals surface area contributed by atoms with Gasteiger partial charge in [-0.25, -0.2) is 0 Å². The van der Waals surface area contributed by atoms with Crippen LogP contribution in [-0.4, -0.2) is 48.3 Å². The summed E-state index contributed by atoms with van der Waals surface area (Å²) in [6, 6.07) is 0.819. The largest absolute Gasteiger partial charge is 0.394 e. The number of aliphatic hydroxyl groups is 1. The monoisotopic (exact) mass is 200 g/mol. The second-order valence-electron chi connectivity index (χ2n) is 4.71. The molecule has 84 valence electrons. The third kappa shape index (κ3) is 3.56. The molecule has 0 bridgehead atoms. The normalized spacial score (nSPS) is 21.2. The molecular weight excluding hydrogens is 176 g/mol. The van der Waals surface area contributed by atoms with Crippen LogP contribution < -0.4 is 5.32 Å². The summed E-state index contributed by atoms with van der Waals surface area (Å²) in [6.45, 7) is 6.40. The highest BCUT2D eigenvalue weighted by Crippen LogP contribution is 2.26. The van der Waals surface area contributed by atoms with Crippen LogP contribution in [0.2, 0.25) is 0 Å². The first kappa shape index (κ1) is 12.0. The van der Waals surface area contributed by atoms with Crippen molar-refractivity contribution in [2.45, 2.75) is 44.7 Å². The lowest BCUT2D eigenvalue weighted by molar-refractivity contribution is 0.151. The Kier molecular flexibility index (Phi) is 4.35. The van der Waals surface area contributed by atoms with Gasteiger partial charge in [0.15, 0.2) is 0 Å². The number of likely N-dealkylation sites (N-methyl/N-ethyl adjacent to an activating group) is 1. The van der Waals surface area contributed by atoms with Crippen molar-refractivity contribution in [3.63, 3.8) is 0 Å². The fourth-order valence-corrected chi connectivity index (χ4v) is 1.77. The summed E-state index contributed by atoms with van der Waals surface area (Å²) in [5, 5.41) is 12.6. The topological polar surface area (TPSA) is 35.5 Å². The molecule has 0 spiro atoms. The maximum atomic E-state index is 9.30. The van der Waals surface area contributed by atoms with E-state index in [1.54, 1.807) is 0 Å². The molecule has 0 aliphatic heterocycles. The zero-order valence-corrected chi connectivity index (χ0v) is 9.71. The zero-order valence-electron chi connectivity index (χ0n) is 9.71. The molecule has 0 radical (unpaired) electrons. The molecule has 0 amide bonds. The lowest BCUT2D eigenvalue weighted by Gasteiger charge is -2.30. The fraction of sp³-hybridized carbons (Fsp3) is 1.00. The van der Waals surface area contributed by atoms with Crippen LogP contribution in [0, 0.1) is 0 Å². The Morgan fingerprint density at radius 3 is 2.57 bits per heavy atom. The van der Waals surface area contributed by atoms with Gasteiger partial charge in [-0.15, -0.1) is 0 Å². The van der Waals surface area contributed by atoms with Gasteiger partial charge in [-0.05, 0) is 46.3 Å². The van der Waals surface area contributed by atoms with E-state index >= 15 is 0 Å². The molecule has 1 aliphatic carbocycles. The third-order valence-corrected chi connectivity index (χ3v) is 3.14. The number of nitrogens with zero attached hydrogens (tertiary/aromatic N) is 1. The van der Waals surface area contributed by atoms with E-state index in [1.165, 1.54) is 12.8 Å². The molecule has 1 unspecified atom stereocenters. The van der Waals surface area contributed by atoms with Crippen molar-refractivity contribution in [2.75, 3.05) is 26.7 Å². The van der Waals surface area contributed by atoms with E-state index in [-0.39, 0.29) is 12.1 Å². The number of hydrogen-bond donors (Lipinski definition) is 2. The van der Waals surface area contributed by atoms with Crippen molar-refractivity contribution in [1.82, 2.24) is 10.2 Å². The van der Waals surface area contributed by atoms with Crippen molar-refractivity contribution < 1.29 is 5.11 Å².